The highest BCUT2D eigenvalue weighted by atomic mass is 32.2. The zero-order valence-corrected chi connectivity index (χ0v) is 10.8. The maximum absolute atomic E-state index is 11.8. The van der Waals surface area contributed by atoms with E-state index in [9.17, 15) is 18.5 Å². The molecule has 0 aliphatic carbocycles. The van der Waals surface area contributed by atoms with Gasteiger partial charge in [-0.25, -0.2) is 0 Å². The van der Waals surface area contributed by atoms with Gasteiger partial charge in [0, 0.05) is 18.7 Å². The third kappa shape index (κ3) is 3.49. The Hall–Kier alpha value is -1.51. The van der Waals surface area contributed by atoms with Gasteiger partial charge < -0.3 is 4.74 Å². The van der Waals surface area contributed by atoms with Crippen LogP contribution in [-0.4, -0.2) is 32.7 Å². The summed E-state index contributed by atoms with van der Waals surface area (Å²) in [5, 5.41) is 10.5. The number of hydrogen-bond acceptors (Lipinski definition) is 6. The number of benzene rings is 1. The molecule has 1 aliphatic heterocycles. The van der Waals surface area contributed by atoms with Gasteiger partial charge in [0.25, 0.3) is 15.8 Å². The molecule has 1 saturated heterocycles. The zero-order valence-electron chi connectivity index (χ0n) is 10.0. The lowest BCUT2D eigenvalue weighted by Gasteiger charge is -2.10. The van der Waals surface area contributed by atoms with Crippen LogP contribution in [0.15, 0.2) is 29.2 Å². The van der Waals surface area contributed by atoms with Gasteiger partial charge in [-0.3, -0.25) is 14.3 Å². The predicted octanol–water partition coefficient (Wildman–Crippen LogP) is 1.48. The number of nitro groups is 1. The second-order valence-electron chi connectivity index (χ2n) is 4.12. The summed E-state index contributed by atoms with van der Waals surface area (Å²) in [6, 6.07) is 4.57. The van der Waals surface area contributed by atoms with Crippen molar-refractivity contribution in [3.63, 3.8) is 0 Å². The second-order valence-corrected chi connectivity index (χ2v) is 5.74. The summed E-state index contributed by atoms with van der Waals surface area (Å²) in [5.74, 6) is 0. The number of hydrogen-bond donors (Lipinski definition) is 0. The molecule has 0 saturated carbocycles. The van der Waals surface area contributed by atoms with Crippen molar-refractivity contribution in [1.82, 2.24) is 0 Å². The summed E-state index contributed by atoms with van der Waals surface area (Å²) in [4.78, 5) is 9.78. The molecule has 0 aromatic heterocycles. The topological polar surface area (TPSA) is 95.7 Å². The first-order valence-corrected chi connectivity index (χ1v) is 7.15. The molecule has 8 heteroatoms. The Morgan fingerprint density at radius 2 is 2.05 bits per heavy atom. The molecule has 0 spiro atoms. The molecule has 104 valence electrons. The van der Waals surface area contributed by atoms with E-state index in [2.05, 4.69) is 0 Å². The fraction of sp³-hybridized carbons (Fsp3) is 0.455. The van der Waals surface area contributed by atoms with E-state index >= 15 is 0 Å². The van der Waals surface area contributed by atoms with Crippen molar-refractivity contribution in [2.75, 3.05) is 13.2 Å². The number of rotatable bonds is 5. The molecule has 1 aliphatic rings. The van der Waals surface area contributed by atoms with E-state index in [1.807, 2.05) is 0 Å². The summed E-state index contributed by atoms with van der Waals surface area (Å²) < 4.78 is 33.8. The first-order valence-electron chi connectivity index (χ1n) is 5.74. The van der Waals surface area contributed by atoms with E-state index in [4.69, 9.17) is 8.92 Å². The fourth-order valence-electron chi connectivity index (χ4n) is 1.74. The summed E-state index contributed by atoms with van der Waals surface area (Å²) in [6.45, 7) is 0.588. The summed E-state index contributed by atoms with van der Waals surface area (Å²) >= 11 is 0. The van der Waals surface area contributed by atoms with Crippen molar-refractivity contribution in [1.29, 1.82) is 0 Å². The van der Waals surface area contributed by atoms with E-state index in [1.165, 1.54) is 0 Å². The van der Waals surface area contributed by atoms with Crippen LogP contribution in [0.5, 0.6) is 0 Å². The van der Waals surface area contributed by atoms with Crippen LogP contribution in [0.1, 0.15) is 12.8 Å². The predicted molar refractivity (Wildman–Crippen MR) is 65.2 cm³/mol. The molecule has 0 amide bonds. The van der Waals surface area contributed by atoms with Crippen molar-refractivity contribution in [2.24, 2.45) is 0 Å². The van der Waals surface area contributed by atoms with E-state index in [0.717, 1.165) is 37.1 Å². The summed E-state index contributed by atoms with van der Waals surface area (Å²) in [6.07, 6.45) is 1.47. The van der Waals surface area contributed by atoms with Gasteiger partial charge in [0.15, 0.2) is 0 Å². The standard InChI is InChI=1S/C11H13NO6S/c13-12(14)9-3-5-11(6-4-9)19(15,16)18-8-10-2-1-7-17-10/h3-6,10H,1-2,7-8H2/t10-/m0/s1. The van der Waals surface area contributed by atoms with Gasteiger partial charge in [-0.2, -0.15) is 8.42 Å². The van der Waals surface area contributed by atoms with Crippen molar-refractivity contribution >= 4 is 15.8 Å². The minimum Gasteiger partial charge on any atom is -0.376 e. The first kappa shape index (κ1) is 13.9. The summed E-state index contributed by atoms with van der Waals surface area (Å²) in [7, 11) is -3.89. The molecule has 1 aromatic carbocycles. The van der Waals surface area contributed by atoms with Gasteiger partial charge in [0.1, 0.15) is 0 Å². The molecule has 1 aromatic rings. The van der Waals surface area contributed by atoms with Gasteiger partial charge in [0.05, 0.1) is 22.5 Å². The quantitative estimate of drug-likeness (QED) is 0.462. The highest BCUT2D eigenvalue weighted by molar-refractivity contribution is 7.86. The Kier molecular flexibility index (Phi) is 4.13. The van der Waals surface area contributed by atoms with Crippen LogP contribution < -0.4 is 0 Å². The van der Waals surface area contributed by atoms with Crippen LogP contribution in [-0.2, 0) is 19.0 Å². The molecule has 1 heterocycles. The molecular formula is C11H13NO6S. The number of ether oxygens (including phenoxy) is 1. The van der Waals surface area contributed by atoms with Crippen molar-refractivity contribution in [2.45, 2.75) is 23.8 Å². The van der Waals surface area contributed by atoms with Gasteiger partial charge in [-0.15, -0.1) is 0 Å². The number of nitro benzene ring substituents is 1. The number of non-ortho nitro benzene ring substituents is 1. The lowest BCUT2D eigenvalue weighted by Crippen LogP contribution is -2.18. The van der Waals surface area contributed by atoms with Gasteiger partial charge in [-0.05, 0) is 25.0 Å². The Labute approximate surface area is 110 Å². The average molecular weight is 287 g/mol. The van der Waals surface area contributed by atoms with Crippen LogP contribution in [0.25, 0.3) is 0 Å². The normalized spacial score (nSPS) is 19.5. The Bertz CT molecular complexity index is 547. The van der Waals surface area contributed by atoms with Crippen LogP contribution in [0.3, 0.4) is 0 Å². The Morgan fingerprint density at radius 3 is 2.58 bits per heavy atom. The Morgan fingerprint density at radius 1 is 1.37 bits per heavy atom. The van der Waals surface area contributed by atoms with E-state index in [-0.39, 0.29) is 23.3 Å². The molecule has 19 heavy (non-hydrogen) atoms. The molecule has 2 rings (SSSR count). The van der Waals surface area contributed by atoms with Crippen molar-refractivity contribution < 1.29 is 22.3 Å². The SMILES string of the molecule is O=[N+]([O-])c1ccc(S(=O)(=O)OC[C@@H]2CCCO2)cc1. The molecule has 1 fully saturated rings. The minimum atomic E-state index is -3.89. The fourth-order valence-corrected chi connectivity index (χ4v) is 2.68. The third-order valence-corrected chi connectivity index (χ3v) is 4.07. The number of nitrogens with zero attached hydrogens (tertiary/aromatic N) is 1. The van der Waals surface area contributed by atoms with Gasteiger partial charge >= 0.3 is 0 Å². The van der Waals surface area contributed by atoms with Gasteiger partial charge in [-0.1, -0.05) is 0 Å². The van der Waals surface area contributed by atoms with Crippen LogP contribution in [0, 0.1) is 10.1 Å². The highest BCUT2D eigenvalue weighted by Gasteiger charge is 2.22. The van der Waals surface area contributed by atoms with E-state index in [1.54, 1.807) is 0 Å². The van der Waals surface area contributed by atoms with E-state index < -0.39 is 15.0 Å². The molecular weight excluding hydrogens is 274 g/mol. The molecule has 7 nitrogen and oxygen atoms in total. The third-order valence-electron chi connectivity index (χ3n) is 2.77. The first-order chi connectivity index (χ1) is 8.99. The lowest BCUT2D eigenvalue weighted by molar-refractivity contribution is -0.384. The molecule has 0 unspecified atom stereocenters. The maximum Gasteiger partial charge on any atom is 0.297 e. The van der Waals surface area contributed by atoms with Crippen LogP contribution in [0.4, 0.5) is 5.69 Å². The summed E-state index contributed by atoms with van der Waals surface area (Å²) in [5.41, 5.74) is -0.168. The molecule has 0 bridgehead atoms. The second kappa shape index (κ2) is 5.64. The smallest absolute Gasteiger partial charge is 0.297 e. The minimum absolute atomic E-state index is 0.0285. The molecule has 1 atom stereocenters. The highest BCUT2D eigenvalue weighted by Crippen LogP contribution is 2.19. The zero-order chi connectivity index (χ0) is 13.9. The lowest BCUT2D eigenvalue weighted by atomic mass is 10.2. The molecule has 0 radical (unpaired) electrons. The maximum atomic E-state index is 11.8. The van der Waals surface area contributed by atoms with Crippen molar-refractivity contribution in [3.8, 4) is 0 Å². The van der Waals surface area contributed by atoms with Gasteiger partial charge in [0.2, 0.25) is 0 Å². The monoisotopic (exact) mass is 287 g/mol. The average Bonchev–Trinajstić information content (AvgIpc) is 2.90. The van der Waals surface area contributed by atoms with Crippen molar-refractivity contribution in [3.05, 3.63) is 34.4 Å². The van der Waals surface area contributed by atoms with Crippen LogP contribution >= 0.6 is 0 Å². The Balaban J connectivity index is 2.03. The van der Waals surface area contributed by atoms with Crippen LogP contribution in [0.2, 0.25) is 0 Å². The molecule has 0 N–H and O–H groups in total. The largest absolute Gasteiger partial charge is 0.376 e. The van der Waals surface area contributed by atoms with E-state index in [0.29, 0.717) is 6.61 Å².